The lowest BCUT2D eigenvalue weighted by Crippen LogP contribution is -2.46. The Kier molecular flexibility index (Phi) is 5.98. The number of hydrogen-bond donors (Lipinski definition) is 1. The molecule has 2 N–H and O–H groups in total. The van der Waals surface area contributed by atoms with Crippen molar-refractivity contribution < 1.29 is 4.79 Å². The molecule has 0 aromatic rings. The number of amides is 1. The monoisotopic (exact) mass is 196 g/mol. The normalized spacial score (nSPS) is 12.3. The van der Waals surface area contributed by atoms with Gasteiger partial charge in [0.15, 0.2) is 0 Å². The van der Waals surface area contributed by atoms with Crippen LogP contribution in [0.4, 0.5) is 0 Å². The predicted molar refractivity (Wildman–Crippen MR) is 58.5 cm³/mol. The van der Waals surface area contributed by atoms with Crippen LogP contribution in [0, 0.1) is 18.3 Å². The van der Waals surface area contributed by atoms with Gasteiger partial charge < -0.3 is 10.6 Å². The lowest BCUT2D eigenvalue weighted by molar-refractivity contribution is -0.132. The van der Waals surface area contributed by atoms with E-state index in [9.17, 15) is 4.79 Å². The van der Waals surface area contributed by atoms with Crippen molar-refractivity contribution >= 4 is 5.91 Å². The van der Waals surface area contributed by atoms with Gasteiger partial charge in [0.1, 0.15) is 0 Å². The van der Waals surface area contributed by atoms with E-state index in [0.717, 1.165) is 6.42 Å². The molecule has 0 fully saturated rings. The van der Waals surface area contributed by atoms with Crippen LogP contribution >= 0.6 is 0 Å². The minimum Gasteiger partial charge on any atom is -0.330 e. The van der Waals surface area contributed by atoms with Crippen molar-refractivity contribution in [3.05, 3.63) is 0 Å². The number of nitrogens with two attached hydrogens (primary N) is 1. The first-order valence-corrected chi connectivity index (χ1v) is 5.02. The minimum absolute atomic E-state index is 0.0419. The molecule has 0 aliphatic heterocycles. The van der Waals surface area contributed by atoms with E-state index >= 15 is 0 Å². The number of carbonyl (C=O) groups is 1. The summed E-state index contributed by atoms with van der Waals surface area (Å²) in [5.74, 6) is 2.59. The highest BCUT2D eigenvalue weighted by Crippen LogP contribution is 2.03. The molecule has 3 heteroatoms. The fourth-order valence-electron chi connectivity index (χ4n) is 1.14. The van der Waals surface area contributed by atoms with Gasteiger partial charge in [-0.2, -0.15) is 0 Å². The third kappa shape index (κ3) is 3.80. The highest BCUT2D eigenvalue weighted by atomic mass is 16.2. The van der Waals surface area contributed by atoms with Gasteiger partial charge in [-0.3, -0.25) is 4.79 Å². The number of rotatable bonds is 5. The van der Waals surface area contributed by atoms with Crippen molar-refractivity contribution in [3.8, 4) is 12.3 Å². The molecule has 0 aliphatic rings. The molecule has 1 atom stereocenters. The van der Waals surface area contributed by atoms with E-state index in [1.165, 1.54) is 0 Å². The third-order valence-electron chi connectivity index (χ3n) is 2.09. The maximum Gasteiger partial charge on any atom is 0.240 e. The Morgan fingerprint density at radius 2 is 2.14 bits per heavy atom. The van der Waals surface area contributed by atoms with Crippen LogP contribution in [0.2, 0.25) is 0 Å². The second kappa shape index (κ2) is 6.44. The fraction of sp³-hybridized carbons (Fsp3) is 0.727. The first-order valence-electron chi connectivity index (χ1n) is 5.02. The zero-order valence-electron chi connectivity index (χ0n) is 9.29. The molecule has 1 amide bonds. The van der Waals surface area contributed by atoms with Crippen LogP contribution in [0.15, 0.2) is 0 Å². The first kappa shape index (κ1) is 13.0. The molecule has 0 heterocycles. The second-order valence-electron chi connectivity index (χ2n) is 3.73. The van der Waals surface area contributed by atoms with Crippen LogP contribution in [0.25, 0.3) is 0 Å². The van der Waals surface area contributed by atoms with Crippen molar-refractivity contribution in [3.63, 3.8) is 0 Å². The molecule has 0 bridgehead atoms. The van der Waals surface area contributed by atoms with Crippen molar-refractivity contribution in [2.45, 2.75) is 33.2 Å². The molecule has 0 aromatic carbocycles. The molecule has 3 nitrogen and oxygen atoms in total. The maximum absolute atomic E-state index is 11.8. The smallest absolute Gasteiger partial charge is 0.240 e. The van der Waals surface area contributed by atoms with Gasteiger partial charge >= 0.3 is 0 Å². The topological polar surface area (TPSA) is 46.3 Å². The summed E-state index contributed by atoms with van der Waals surface area (Å²) in [6, 6.07) is -0.435. The molecular formula is C11H20N2O. The zero-order chi connectivity index (χ0) is 11.1. The molecule has 80 valence electrons. The van der Waals surface area contributed by atoms with Gasteiger partial charge in [-0.15, -0.1) is 6.42 Å². The molecule has 0 saturated carbocycles. The van der Waals surface area contributed by atoms with Crippen molar-refractivity contribution in [1.29, 1.82) is 0 Å². The van der Waals surface area contributed by atoms with Gasteiger partial charge in [-0.1, -0.05) is 26.7 Å². The summed E-state index contributed by atoms with van der Waals surface area (Å²) in [5, 5.41) is 0. The summed E-state index contributed by atoms with van der Waals surface area (Å²) < 4.78 is 0. The van der Waals surface area contributed by atoms with Crippen LogP contribution in [0.3, 0.4) is 0 Å². The van der Waals surface area contributed by atoms with Gasteiger partial charge in [0, 0.05) is 6.54 Å². The molecule has 0 rings (SSSR count). The zero-order valence-corrected chi connectivity index (χ0v) is 9.29. The van der Waals surface area contributed by atoms with E-state index in [2.05, 4.69) is 5.92 Å². The van der Waals surface area contributed by atoms with Gasteiger partial charge in [-0.25, -0.2) is 0 Å². The summed E-state index contributed by atoms with van der Waals surface area (Å²) in [6.07, 6.45) is 6.09. The molecule has 0 unspecified atom stereocenters. The Bertz CT molecular complexity index is 218. The predicted octanol–water partition coefficient (Wildman–Crippen LogP) is 0.841. The molecule has 0 radical (unpaired) electrons. The Labute approximate surface area is 86.6 Å². The number of carbonyl (C=O) groups excluding carboxylic acids is 1. The molecule has 0 spiro atoms. The first-order chi connectivity index (χ1) is 6.54. The summed E-state index contributed by atoms with van der Waals surface area (Å²) in [7, 11) is 0. The molecule has 0 saturated heterocycles. The highest BCUT2D eigenvalue weighted by molar-refractivity contribution is 5.82. The molecule has 0 aliphatic carbocycles. The Hall–Kier alpha value is -1.01. The summed E-state index contributed by atoms with van der Waals surface area (Å²) in [6.45, 7) is 6.92. The van der Waals surface area contributed by atoms with Crippen LogP contribution in [0.1, 0.15) is 27.2 Å². The van der Waals surface area contributed by atoms with Gasteiger partial charge in [0.25, 0.3) is 0 Å². The number of hydrogen-bond acceptors (Lipinski definition) is 2. The Morgan fingerprint density at radius 1 is 1.57 bits per heavy atom. The number of terminal acetylenes is 1. The quantitative estimate of drug-likeness (QED) is 0.662. The van der Waals surface area contributed by atoms with E-state index in [0.29, 0.717) is 13.1 Å². The van der Waals surface area contributed by atoms with Crippen molar-refractivity contribution in [2.75, 3.05) is 13.1 Å². The van der Waals surface area contributed by atoms with Gasteiger partial charge in [0.05, 0.1) is 12.6 Å². The van der Waals surface area contributed by atoms with Crippen LogP contribution in [-0.2, 0) is 4.79 Å². The minimum atomic E-state index is -0.435. The number of nitrogens with zero attached hydrogens (tertiary/aromatic N) is 1. The molecular weight excluding hydrogens is 176 g/mol. The average molecular weight is 196 g/mol. The lowest BCUT2D eigenvalue weighted by atomic mass is 10.0. The van der Waals surface area contributed by atoms with E-state index in [-0.39, 0.29) is 11.8 Å². The van der Waals surface area contributed by atoms with Gasteiger partial charge in [0.2, 0.25) is 5.91 Å². The van der Waals surface area contributed by atoms with E-state index in [4.69, 9.17) is 12.2 Å². The summed E-state index contributed by atoms with van der Waals surface area (Å²) in [4.78, 5) is 13.4. The van der Waals surface area contributed by atoms with Crippen LogP contribution in [-0.4, -0.2) is 29.9 Å². The Morgan fingerprint density at radius 3 is 2.50 bits per heavy atom. The summed E-state index contributed by atoms with van der Waals surface area (Å²) in [5.41, 5.74) is 5.76. The lowest BCUT2D eigenvalue weighted by Gasteiger charge is -2.25. The van der Waals surface area contributed by atoms with Crippen LogP contribution < -0.4 is 5.73 Å². The Balaban J connectivity index is 4.36. The molecule has 0 aromatic heterocycles. The highest BCUT2D eigenvalue weighted by Gasteiger charge is 2.22. The van der Waals surface area contributed by atoms with E-state index < -0.39 is 6.04 Å². The largest absolute Gasteiger partial charge is 0.330 e. The van der Waals surface area contributed by atoms with Crippen LogP contribution in [0.5, 0.6) is 0 Å². The third-order valence-corrected chi connectivity index (χ3v) is 2.09. The summed E-state index contributed by atoms with van der Waals surface area (Å²) >= 11 is 0. The van der Waals surface area contributed by atoms with E-state index in [1.54, 1.807) is 4.90 Å². The SMILES string of the molecule is C#CCN(CCC)C(=O)[C@H](N)C(C)C. The van der Waals surface area contributed by atoms with Crippen molar-refractivity contribution in [1.82, 2.24) is 4.90 Å². The maximum atomic E-state index is 11.8. The van der Waals surface area contributed by atoms with Crippen molar-refractivity contribution in [2.24, 2.45) is 11.7 Å². The van der Waals surface area contributed by atoms with E-state index in [1.807, 2.05) is 20.8 Å². The van der Waals surface area contributed by atoms with Gasteiger partial charge in [-0.05, 0) is 12.3 Å². The average Bonchev–Trinajstić information content (AvgIpc) is 2.15. The molecule has 14 heavy (non-hydrogen) atoms. The standard InChI is InChI=1S/C11H20N2O/c1-5-7-13(8-6-2)11(14)10(12)9(3)4/h1,9-10H,6-8,12H2,2-4H3/t10-/m1/s1. The fourth-order valence-corrected chi connectivity index (χ4v) is 1.14. The second-order valence-corrected chi connectivity index (χ2v) is 3.73.